The van der Waals surface area contributed by atoms with Gasteiger partial charge < -0.3 is 16.2 Å². The van der Waals surface area contributed by atoms with Crippen LogP contribution in [0.25, 0.3) is 0 Å². The van der Waals surface area contributed by atoms with Crippen LogP contribution in [0.5, 0.6) is 0 Å². The average molecular weight is 180 g/mol. The molecule has 1 aliphatic heterocycles. The van der Waals surface area contributed by atoms with Gasteiger partial charge in [0, 0.05) is 12.0 Å². The topological polar surface area (TPSA) is 87.0 Å². The molecule has 0 aliphatic carbocycles. The number of aromatic nitrogens is 2. The molecule has 2 rings (SSSR count). The summed E-state index contributed by atoms with van der Waals surface area (Å²) in [5.74, 6) is 1.13. The normalized spacial score (nSPS) is 15.5. The van der Waals surface area contributed by atoms with Crippen molar-refractivity contribution in [2.75, 3.05) is 12.3 Å². The number of nitrogens with zero attached hydrogens (tertiary/aromatic N) is 2. The van der Waals surface area contributed by atoms with Crippen molar-refractivity contribution in [1.82, 2.24) is 9.97 Å². The molecule has 5 heteroatoms. The predicted molar refractivity (Wildman–Crippen MR) is 47.7 cm³/mol. The Kier molecular flexibility index (Phi) is 2.12. The molecular weight excluding hydrogens is 168 g/mol. The summed E-state index contributed by atoms with van der Waals surface area (Å²) in [4.78, 5) is 8.34. The fourth-order valence-corrected chi connectivity index (χ4v) is 1.43. The van der Waals surface area contributed by atoms with Gasteiger partial charge in [-0.05, 0) is 0 Å². The van der Waals surface area contributed by atoms with Crippen molar-refractivity contribution in [3.63, 3.8) is 0 Å². The van der Waals surface area contributed by atoms with E-state index in [9.17, 15) is 0 Å². The fraction of sp³-hybridized carbons (Fsp3) is 0.500. The summed E-state index contributed by atoms with van der Waals surface area (Å²) >= 11 is 0. The Morgan fingerprint density at radius 3 is 3.00 bits per heavy atom. The Morgan fingerprint density at radius 1 is 1.38 bits per heavy atom. The molecular formula is C8H12N4O. The summed E-state index contributed by atoms with van der Waals surface area (Å²) in [6.45, 7) is 1.54. The lowest BCUT2D eigenvalue weighted by Crippen LogP contribution is -2.18. The van der Waals surface area contributed by atoms with E-state index in [0.717, 1.165) is 17.7 Å². The van der Waals surface area contributed by atoms with Gasteiger partial charge in [0.25, 0.3) is 0 Å². The van der Waals surface area contributed by atoms with Gasteiger partial charge in [-0.1, -0.05) is 0 Å². The van der Waals surface area contributed by atoms with Crippen molar-refractivity contribution in [2.24, 2.45) is 5.73 Å². The predicted octanol–water partition coefficient (Wildman–Crippen LogP) is -0.410. The molecule has 2 heterocycles. The van der Waals surface area contributed by atoms with E-state index in [0.29, 0.717) is 31.4 Å². The summed E-state index contributed by atoms with van der Waals surface area (Å²) in [7, 11) is 0. The van der Waals surface area contributed by atoms with Crippen LogP contribution in [0.2, 0.25) is 0 Å². The molecule has 0 saturated carbocycles. The van der Waals surface area contributed by atoms with Crippen LogP contribution < -0.4 is 11.5 Å². The van der Waals surface area contributed by atoms with Gasteiger partial charge in [0.1, 0.15) is 11.6 Å². The number of fused-ring (bicyclic) bond motifs is 1. The summed E-state index contributed by atoms with van der Waals surface area (Å²) in [5, 5.41) is 0. The summed E-state index contributed by atoms with van der Waals surface area (Å²) in [5.41, 5.74) is 13.1. The molecule has 0 unspecified atom stereocenters. The zero-order chi connectivity index (χ0) is 9.26. The quantitative estimate of drug-likeness (QED) is 0.613. The summed E-state index contributed by atoms with van der Waals surface area (Å²) < 4.78 is 5.26. The van der Waals surface area contributed by atoms with Crippen LogP contribution in [0.3, 0.4) is 0 Å². The van der Waals surface area contributed by atoms with Gasteiger partial charge >= 0.3 is 0 Å². The fourth-order valence-electron chi connectivity index (χ4n) is 1.43. The van der Waals surface area contributed by atoms with E-state index in [1.165, 1.54) is 0 Å². The van der Waals surface area contributed by atoms with E-state index >= 15 is 0 Å². The Bertz CT molecular complexity index is 326. The highest BCUT2D eigenvalue weighted by atomic mass is 16.5. The van der Waals surface area contributed by atoms with Crippen molar-refractivity contribution in [1.29, 1.82) is 0 Å². The van der Waals surface area contributed by atoms with E-state index in [4.69, 9.17) is 16.2 Å². The van der Waals surface area contributed by atoms with Gasteiger partial charge in [0.2, 0.25) is 0 Å². The van der Waals surface area contributed by atoms with E-state index in [-0.39, 0.29) is 0 Å². The van der Waals surface area contributed by atoms with Crippen molar-refractivity contribution in [3.05, 3.63) is 17.1 Å². The standard InChI is InChI=1S/C8H12N4O/c9-3-7-11-6-4-13-2-1-5(6)8(10)12-7/h1-4,9H2,(H2,10,11,12). The molecule has 0 spiro atoms. The van der Waals surface area contributed by atoms with Crippen LogP contribution in [0.4, 0.5) is 5.82 Å². The third-order valence-electron chi connectivity index (χ3n) is 2.09. The van der Waals surface area contributed by atoms with Crippen LogP contribution in [-0.4, -0.2) is 16.6 Å². The molecule has 1 aromatic rings. The van der Waals surface area contributed by atoms with Crippen LogP contribution in [0.1, 0.15) is 17.1 Å². The first-order valence-corrected chi connectivity index (χ1v) is 4.23. The molecule has 1 aromatic heterocycles. The van der Waals surface area contributed by atoms with E-state index in [2.05, 4.69) is 9.97 Å². The zero-order valence-corrected chi connectivity index (χ0v) is 7.29. The second-order valence-electron chi connectivity index (χ2n) is 2.96. The summed E-state index contributed by atoms with van der Waals surface area (Å²) in [6.07, 6.45) is 0.798. The highest BCUT2D eigenvalue weighted by Crippen LogP contribution is 2.19. The highest BCUT2D eigenvalue weighted by molar-refractivity contribution is 5.43. The number of rotatable bonds is 1. The Balaban J connectivity index is 2.47. The Hall–Kier alpha value is -1.20. The number of anilines is 1. The molecule has 0 atom stereocenters. The second kappa shape index (κ2) is 3.27. The van der Waals surface area contributed by atoms with Crippen LogP contribution in [-0.2, 0) is 24.3 Å². The Labute approximate surface area is 76.1 Å². The molecule has 0 fully saturated rings. The lowest BCUT2D eigenvalue weighted by molar-refractivity contribution is 0.107. The molecule has 4 N–H and O–H groups in total. The maximum Gasteiger partial charge on any atom is 0.144 e. The van der Waals surface area contributed by atoms with Gasteiger partial charge in [-0.25, -0.2) is 9.97 Å². The van der Waals surface area contributed by atoms with Crippen LogP contribution >= 0.6 is 0 Å². The number of ether oxygens (including phenoxy) is 1. The van der Waals surface area contributed by atoms with Crippen molar-refractivity contribution < 1.29 is 4.74 Å². The smallest absolute Gasteiger partial charge is 0.144 e. The average Bonchev–Trinajstić information content (AvgIpc) is 2.18. The molecule has 13 heavy (non-hydrogen) atoms. The summed E-state index contributed by atoms with van der Waals surface area (Å²) in [6, 6.07) is 0. The molecule has 70 valence electrons. The number of hydrogen-bond donors (Lipinski definition) is 2. The third-order valence-corrected chi connectivity index (χ3v) is 2.09. The molecule has 5 nitrogen and oxygen atoms in total. The first-order chi connectivity index (χ1) is 6.31. The zero-order valence-electron chi connectivity index (χ0n) is 7.29. The monoisotopic (exact) mass is 180 g/mol. The molecule has 0 bridgehead atoms. The van der Waals surface area contributed by atoms with E-state index in [1.54, 1.807) is 0 Å². The maximum absolute atomic E-state index is 5.76. The lowest BCUT2D eigenvalue weighted by atomic mass is 10.1. The van der Waals surface area contributed by atoms with Gasteiger partial charge in [-0.2, -0.15) is 0 Å². The Morgan fingerprint density at radius 2 is 2.23 bits per heavy atom. The first kappa shape index (κ1) is 8.40. The van der Waals surface area contributed by atoms with E-state index < -0.39 is 0 Å². The third kappa shape index (κ3) is 1.48. The number of hydrogen-bond acceptors (Lipinski definition) is 5. The highest BCUT2D eigenvalue weighted by Gasteiger charge is 2.15. The van der Waals surface area contributed by atoms with Gasteiger partial charge in [-0.15, -0.1) is 0 Å². The SMILES string of the molecule is NCc1nc(N)c2c(n1)COCC2. The largest absolute Gasteiger partial charge is 0.383 e. The van der Waals surface area contributed by atoms with Gasteiger partial charge in [0.15, 0.2) is 0 Å². The molecule has 0 radical (unpaired) electrons. The lowest BCUT2D eigenvalue weighted by Gasteiger charge is -2.17. The minimum absolute atomic E-state index is 0.317. The minimum atomic E-state index is 0.317. The molecule has 0 aromatic carbocycles. The number of nitrogens with two attached hydrogens (primary N) is 2. The molecule has 1 aliphatic rings. The number of nitrogen functional groups attached to an aromatic ring is 1. The van der Waals surface area contributed by atoms with Crippen molar-refractivity contribution in [2.45, 2.75) is 19.6 Å². The molecule has 0 amide bonds. The second-order valence-corrected chi connectivity index (χ2v) is 2.96. The minimum Gasteiger partial charge on any atom is -0.383 e. The van der Waals surface area contributed by atoms with Gasteiger partial charge in [-0.3, -0.25) is 0 Å². The van der Waals surface area contributed by atoms with Crippen LogP contribution in [0, 0.1) is 0 Å². The molecule has 0 saturated heterocycles. The maximum atomic E-state index is 5.76. The first-order valence-electron chi connectivity index (χ1n) is 4.23. The van der Waals surface area contributed by atoms with Crippen LogP contribution in [0.15, 0.2) is 0 Å². The van der Waals surface area contributed by atoms with Crippen molar-refractivity contribution in [3.8, 4) is 0 Å². The van der Waals surface area contributed by atoms with Crippen molar-refractivity contribution >= 4 is 5.82 Å². The van der Waals surface area contributed by atoms with Gasteiger partial charge in [0.05, 0.1) is 25.5 Å². The van der Waals surface area contributed by atoms with E-state index in [1.807, 2.05) is 0 Å².